The molecule has 2 nitrogen and oxygen atoms in total. The first-order chi connectivity index (χ1) is 7.70. The highest BCUT2D eigenvalue weighted by Gasteiger charge is 2.06. The Labute approximate surface area is 97.2 Å². The Bertz CT molecular complexity index is 499. The van der Waals surface area contributed by atoms with Gasteiger partial charge in [0.15, 0.2) is 0 Å². The second-order valence-electron chi connectivity index (χ2n) is 3.25. The van der Waals surface area contributed by atoms with Crippen LogP contribution in [0.3, 0.4) is 0 Å². The predicted octanol–water partition coefficient (Wildman–Crippen LogP) is 3.32. The Morgan fingerprint density at radius 3 is 2.62 bits per heavy atom. The summed E-state index contributed by atoms with van der Waals surface area (Å²) in [5.74, 6) is -0.227. The van der Waals surface area contributed by atoms with Crippen LogP contribution in [-0.2, 0) is 0 Å². The minimum Gasteiger partial charge on any atom is -0.506 e. The largest absolute Gasteiger partial charge is 0.506 e. The molecular formula is C12H10FNOS. The van der Waals surface area contributed by atoms with E-state index in [0.29, 0.717) is 11.3 Å². The first-order valence-electron chi connectivity index (χ1n) is 4.69. The van der Waals surface area contributed by atoms with E-state index in [0.717, 1.165) is 4.90 Å². The summed E-state index contributed by atoms with van der Waals surface area (Å²) >= 11 is 1.49. The fourth-order valence-corrected chi connectivity index (χ4v) is 1.80. The van der Waals surface area contributed by atoms with E-state index >= 15 is 0 Å². The average Bonchev–Trinajstić information content (AvgIpc) is 2.30. The number of rotatable bonds is 2. The van der Waals surface area contributed by atoms with E-state index in [1.54, 1.807) is 12.1 Å². The maximum absolute atomic E-state index is 13.7. The highest BCUT2D eigenvalue weighted by atomic mass is 32.2. The van der Waals surface area contributed by atoms with Gasteiger partial charge >= 0.3 is 0 Å². The smallest absolute Gasteiger partial charge is 0.133 e. The van der Waals surface area contributed by atoms with E-state index in [9.17, 15) is 4.39 Å². The quantitative estimate of drug-likeness (QED) is 0.811. The molecule has 0 aliphatic heterocycles. The number of aromatic hydroxyl groups is 1. The van der Waals surface area contributed by atoms with Crippen molar-refractivity contribution >= 4 is 11.8 Å². The molecule has 0 fully saturated rings. The molecule has 2 aromatic rings. The van der Waals surface area contributed by atoms with Crippen LogP contribution in [0.4, 0.5) is 4.39 Å². The van der Waals surface area contributed by atoms with Crippen LogP contribution in [0.2, 0.25) is 0 Å². The lowest BCUT2D eigenvalue weighted by Crippen LogP contribution is -1.87. The van der Waals surface area contributed by atoms with Crippen LogP contribution < -0.4 is 0 Å². The zero-order valence-electron chi connectivity index (χ0n) is 8.64. The molecule has 0 saturated carbocycles. The molecule has 1 aromatic carbocycles. The van der Waals surface area contributed by atoms with Gasteiger partial charge in [0, 0.05) is 10.5 Å². The lowest BCUT2D eigenvalue weighted by Gasteiger charge is -2.04. The Hall–Kier alpha value is -1.55. The van der Waals surface area contributed by atoms with E-state index in [-0.39, 0.29) is 11.6 Å². The van der Waals surface area contributed by atoms with Gasteiger partial charge in [0.1, 0.15) is 11.6 Å². The van der Waals surface area contributed by atoms with Gasteiger partial charge in [-0.2, -0.15) is 0 Å². The zero-order valence-corrected chi connectivity index (χ0v) is 9.46. The molecular weight excluding hydrogens is 225 g/mol. The van der Waals surface area contributed by atoms with Crippen molar-refractivity contribution in [1.29, 1.82) is 0 Å². The van der Waals surface area contributed by atoms with Crippen molar-refractivity contribution in [2.75, 3.05) is 6.26 Å². The topological polar surface area (TPSA) is 33.1 Å². The fraction of sp³-hybridized carbons (Fsp3) is 0.0833. The number of nitrogens with zero attached hydrogens (tertiary/aromatic N) is 1. The van der Waals surface area contributed by atoms with Crippen molar-refractivity contribution in [2.24, 2.45) is 0 Å². The molecule has 0 aliphatic carbocycles. The molecule has 0 unspecified atom stereocenters. The van der Waals surface area contributed by atoms with E-state index in [1.165, 1.54) is 30.1 Å². The summed E-state index contributed by atoms with van der Waals surface area (Å²) in [5.41, 5.74) is 0.959. The molecule has 1 aromatic heterocycles. The van der Waals surface area contributed by atoms with Gasteiger partial charge in [0.25, 0.3) is 0 Å². The van der Waals surface area contributed by atoms with Crippen LogP contribution in [0.5, 0.6) is 5.75 Å². The molecule has 1 heterocycles. The predicted molar refractivity (Wildman–Crippen MR) is 63.1 cm³/mol. The van der Waals surface area contributed by atoms with Crippen molar-refractivity contribution in [3.8, 4) is 17.0 Å². The third-order valence-corrected chi connectivity index (χ3v) is 2.93. The molecule has 4 heteroatoms. The molecule has 0 spiro atoms. The summed E-state index contributed by atoms with van der Waals surface area (Å²) in [7, 11) is 0. The summed E-state index contributed by atoms with van der Waals surface area (Å²) < 4.78 is 13.7. The summed E-state index contributed by atoms with van der Waals surface area (Å²) in [6.45, 7) is 0. The van der Waals surface area contributed by atoms with Crippen molar-refractivity contribution in [2.45, 2.75) is 4.90 Å². The van der Waals surface area contributed by atoms with Gasteiger partial charge in [-0.15, -0.1) is 11.8 Å². The number of thioether (sulfide) groups is 1. The Kier molecular flexibility index (Phi) is 3.10. The van der Waals surface area contributed by atoms with E-state index < -0.39 is 0 Å². The molecule has 16 heavy (non-hydrogen) atoms. The minimum absolute atomic E-state index is 0.0740. The van der Waals surface area contributed by atoms with Crippen LogP contribution in [0, 0.1) is 5.82 Å². The Morgan fingerprint density at radius 1 is 1.25 bits per heavy atom. The SMILES string of the molecule is CSc1ccc(-c2ccc(O)cn2)c(F)c1. The van der Waals surface area contributed by atoms with Crippen molar-refractivity contribution in [3.05, 3.63) is 42.3 Å². The highest BCUT2D eigenvalue weighted by molar-refractivity contribution is 7.98. The van der Waals surface area contributed by atoms with Crippen LogP contribution in [0.25, 0.3) is 11.3 Å². The number of pyridine rings is 1. The fourth-order valence-electron chi connectivity index (χ4n) is 1.38. The van der Waals surface area contributed by atoms with Gasteiger partial charge in [-0.1, -0.05) is 0 Å². The lowest BCUT2D eigenvalue weighted by molar-refractivity contribution is 0.473. The van der Waals surface area contributed by atoms with Crippen LogP contribution in [0.15, 0.2) is 41.4 Å². The molecule has 0 radical (unpaired) electrons. The molecule has 0 saturated heterocycles. The maximum Gasteiger partial charge on any atom is 0.133 e. The van der Waals surface area contributed by atoms with Gasteiger partial charge in [0.05, 0.1) is 11.9 Å². The zero-order chi connectivity index (χ0) is 11.5. The number of halogens is 1. The first kappa shape index (κ1) is 11.0. The second kappa shape index (κ2) is 4.53. The summed E-state index contributed by atoms with van der Waals surface area (Å²) in [5, 5.41) is 9.10. The monoisotopic (exact) mass is 235 g/mol. The molecule has 0 bridgehead atoms. The highest BCUT2D eigenvalue weighted by Crippen LogP contribution is 2.25. The third kappa shape index (κ3) is 2.17. The molecule has 1 N–H and O–H groups in total. The molecule has 82 valence electrons. The third-order valence-electron chi connectivity index (χ3n) is 2.20. The van der Waals surface area contributed by atoms with Crippen LogP contribution >= 0.6 is 11.8 Å². The summed E-state index contributed by atoms with van der Waals surface area (Å²) in [6, 6.07) is 8.10. The van der Waals surface area contributed by atoms with Crippen molar-refractivity contribution < 1.29 is 9.50 Å². The number of hydrogen-bond acceptors (Lipinski definition) is 3. The van der Waals surface area contributed by atoms with E-state index in [1.807, 2.05) is 12.3 Å². The number of aromatic nitrogens is 1. The van der Waals surface area contributed by atoms with Crippen LogP contribution in [0.1, 0.15) is 0 Å². The number of hydrogen-bond donors (Lipinski definition) is 1. The maximum atomic E-state index is 13.7. The normalized spacial score (nSPS) is 10.4. The Balaban J connectivity index is 2.44. The van der Waals surface area contributed by atoms with Gasteiger partial charge < -0.3 is 5.11 Å². The second-order valence-corrected chi connectivity index (χ2v) is 4.13. The van der Waals surface area contributed by atoms with Gasteiger partial charge in [-0.05, 0) is 36.6 Å². The van der Waals surface area contributed by atoms with Gasteiger partial charge in [-0.3, -0.25) is 4.98 Å². The van der Waals surface area contributed by atoms with Crippen molar-refractivity contribution in [3.63, 3.8) is 0 Å². The molecule has 0 atom stereocenters. The molecule has 0 aliphatic rings. The summed E-state index contributed by atoms with van der Waals surface area (Å²) in [4.78, 5) is 4.84. The first-order valence-corrected chi connectivity index (χ1v) is 5.92. The van der Waals surface area contributed by atoms with E-state index in [2.05, 4.69) is 4.98 Å². The van der Waals surface area contributed by atoms with Crippen LogP contribution in [-0.4, -0.2) is 16.3 Å². The van der Waals surface area contributed by atoms with Gasteiger partial charge in [0.2, 0.25) is 0 Å². The summed E-state index contributed by atoms with van der Waals surface area (Å²) in [6.07, 6.45) is 3.20. The standard InChI is InChI=1S/C12H10FNOS/c1-16-9-3-4-10(11(13)6-9)12-5-2-8(15)7-14-12/h2-7,15H,1H3. The lowest BCUT2D eigenvalue weighted by atomic mass is 10.1. The van der Waals surface area contributed by atoms with Gasteiger partial charge in [-0.25, -0.2) is 4.39 Å². The molecule has 2 rings (SSSR count). The molecule has 0 amide bonds. The average molecular weight is 235 g/mol. The minimum atomic E-state index is -0.301. The Morgan fingerprint density at radius 2 is 2.06 bits per heavy atom. The number of benzene rings is 1. The van der Waals surface area contributed by atoms with Crippen molar-refractivity contribution in [1.82, 2.24) is 4.98 Å². The van der Waals surface area contributed by atoms with E-state index in [4.69, 9.17) is 5.11 Å².